The maximum absolute atomic E-state index is 14.2. The minimum Gasteiger partial charge on any atom is -0.510 e. The number of likely N-dealkylation sites (tertiary alicyclic amines) is 1. The number of ketones is 2. The zero-order valence-corrected chi connectivity index (χ0v) is 25.9. The van der Waals surface area contributed by atoms with Crippen molar-refractivity contribution in [2.75, 3.05) is 38.6 Å². The van der Waals surface area contributed by atoms with E-state index in [2.05, 4.69) is 23.6 Å². The Kier molecular flexibility index (Phi) is 7.68. The van der Waals surface area contributed by atoms with Crippen molar-refractivity contribution in [2.45, 2.75) is 77.1 Å². The molecule has 0 bridgehead atoms. The summed E-state index contributed by atoms with van der Waals surface area (Å²) in [6, 6.07) is 0.612. The number of carbonyl (C=O) groups is 3. The third-order valence-electron chi connectivity index (χ3n) is 10.3. The van der Waals surface area contributed by atoms with Crippen LogP contribution in [0.25, 0.3) is 0 Å². The summed E-state index contributed by atoms with van der Waals surface area (Å²) in [5.41, 5.74) is 4.34. The van der Waals surface area contributed by atoms with Gasteiger partial charge in [-0.15, -0.1) is 0 Å². The minimum atomic E-state index is -2.65. The van der Waals surface area contributed by atoms with Gasteiger partial charge in [0, 0.05) is 42.4 Å². The van der Waals surface area contributed by atoms with Crippen LogP contribution in [-0.2, 0) is 22.6 Å². The summed E-state index contributed by atoms with van der Waals surface area (Å²) in [6.45, 7) is 11.4. The molecular formula is C32H44N4O7. The maximum atomic E-state index is 14.2. The van der Waals surface area contributed by atoms with Gasteiger partial charge in [-0.05, 0) is 97.1 Å². The highest BCUT2D eigenvalue weighted by Gasteiger charge is 2.63. The first-order chi connectivity index (χ1) is 20.1. The van der Waals surface area contributed by atoms with Crippen molar-refractivity contribution in [3.8, 4) is 5.75 Å². The van der Waals surface area contributed by atoms with E-state index in [4.69, 9.17) is 5.73 Å². The Balaban J connectivity index is 1.70. The van der Waals surface area contributed by atoms with Crippen LogP contribution in [0.1, 0.15) is 68.4 Å². The molecule has 0 radical (unpaired) electrons. The average Bonchev–Trinajstić information content (AvgIpc) is 3.25. The van der Waals surface area contributed by atoms with Gasteiger partial charge in [0.25, 0.3) is 5.91 Å². The number of aliphatic hydroxyl groups excluding tert-OH is 2. The molecule has 1 amide bonds. The van der Waals surface area contributed by atoms with Crippen LogP contribution in [-0.4, -0.2) is 98.6 Å². The zero-order valence-electron chi connectivity index (χ0n) is 25.9. The van der Waals surface area contributed by atoms with Gasteiger partial charge in [-0.25, -0.2) is 0 Å². The molecule has 0 spiro atoms. The number of fused-ring (bicyclic) bond motifs is 3. The second-order valence-electron chi connectivity index (χ2n) is 13.2. The third kappa shape index (κ3) is 4.46. The van der Waals surface area contributed by atoms with Gasteiger partial charge >= 0.3 is 0 Å². The number of allylic oxidation sites excluding steroid dienone is 1. The monoisotopic (exact) mass is 596 g/mol. The number of rotatable bonds is 7. The van der Waals surface area contributed by atoms with Crippen molar-refractivity contribution >= 4 is 23.2 Å². The lowest BCUT2D eigenvalue weighted by atomic mass is 9.58. The standard InChI is InChI=1S/C32H44N4O7/c1-7-35(8-2)24-17(15-36-11-9-10-31(36,3)4)14-20(37)22-18(24)12-16-13-19-25(34(5)6)27(39)23(30(33)42)29(41)32(19,43)28(40)21(16)26(22)38/h14,16,19,25,37,39-40,43H,7-13,15H2,1-6H3,(H2,33,42)/t16-,19-,25-,32-/m0/s1. The number of aliphatic hydroxyl groups is 3. The highest BCUT2D eigenvalue weighted by atomic mass is 16.3. The van der Waals surface area contributed by atoms with Gasteiger partial charge in [0.05, 0.1) is 11.6 Å². The van der Waals surface area contributed by atoms with Crippen molar-refractivity contribution in [1.29, 1.82) is 0 Å². The summed E-state index contributed by atoms with van der Waals surface area (Å²) < 4.78 is 0. The van der Waals surface area contributed by atoms with E-state index in [0.29, 0.717) is 25.2 Å². The molecule has 6 N–H and O–H groups in total. The van der Waals surface area contributed by atoms with Crippen LogP contribution >= 0.6 is 0 Å². The molecule has 0 unspecified atom stereocenters. The number of phenolic OH excluding ortho intramolecular Hbond substituents is 1. The SMILES string of the molecule is CCN(CC)c1c(CN2CCCC2(C)C)cc(O)c2c1C[C@H]1C[C@H]3[C@H](N(C)C)C(O)=C(C(N)=O)C(=O)[C@@]3(O)C(O)=C1C2=O. The topological polar surface area (TPSA) is 168 Å². The van der Waals surface area contributed by atoms with Gasteiger partial charge in [0.2, 0.25) is 5.78 Å². The van der Waals surface area contributed by atoms with E-state index in [0.717, 1.165) is 30.6 Å². The lowest BCUT2D eigenvalue weighted by molar-refractivity contribution is -0.148. The van der Waals surface area contributed by atoms with Gasteiger partial charge in [-0.1, -0.05) is 0 Å². The van der Waals surface area contributed by atoms with E-state index in [1.54, 1.807) is 25.1 Å². The van der Waals surface area contributed by atoms with Crippen molar-refractivity contribution in [1.82, 2.24) is 9.80 Å². The number of aromatic hydroxyl groups is 1. The lowest BCUT2D eigenvalue weighted by Crippen LogP contribution is -2.63. The number of anilines is 1. The summed E-state index contributed by atoms with van der Waals surface area (Å²) >= 11 is 0. The molecule has 4 aliphatic rings. The van der Waals surface area contributed by atoms with Crippen LogP contribution in [0.4, 0.5) is 5.69 Å². The lowest BCUT2D eigenvalue weighted by Gasteiger charge is -2.50. The largest absolute Gasteiger partial charge is 0.510 e. The van der Waals surface area contributed by atoms with Crippen LogP contribution < -0.4 is 10.6 Å². The predicted octanol–water partition coefficient (Wildman–Crippen LogP) is 2.34. The molecule has 1 aromatic rings. The van der Waals surface area contributed by atoms with Crippen molar-refractivity contribution in [3.05, 3.63) is 45.4 Å². The number of amides is 1. The average molecular weight is 597 g/mol. The van der Waals surface area contributed by atoms with Crippen LogP contribution in [0.15, 0.2) is 28.7 Å². The molecule has 1 saturated heterocycles. The molecule has 3 aliphatic carbocycles. The van der Waals surface area contributed by atoms with Gasteiger partial charge in [0.15, 0.2) is 11.4 Å². The molecule has 1 fully saturated rings. The summed E-state index contributed by atoms with van der Waals surface area (Å²) in [4.78, 5) is 46.1. The molecule has 11 heteroatoms. The Morgan fingerprint density at radius 2 is 1.79 bits per heavy atom. The number of benzene rings is 1. The summed E-state index contributed by atoms with van der Waals surface area (Å²) in [7, 11) is 3.24. The number of nitrogens with two attached hydrogens (primary N) is 1. The molecule has 0 aromatic heterocycles. The Labute approximate surface area is 252 Å². The normalized spacial score (nSPS) is 28.7. The molecule has 1 aromatic carbocycles. The number of likely N-dealkylation sites (N-methyl/N-ethyl adjacent to an activating group) is 1. The van der Waals surface area contributed by atoms with E-state index in [1.807, 2.05) is 13.8 Å². The van der Waals surface area contributed by atoms with E-state index >= 15 is 0 Å². The first kappa shape index (κ1) is 31.0. The Morgan fingerprint density at radius 1 is 1.14 bits per heavy atom. The summed E-state index contributed by atoms with van der Waals surface area (Å²) in [5.74, 6) is -6.45. The first-order valence-corrected chi connectivity index (χ1v) is 15.1. The second kappa shape index (κ2) is 10.6. The smallest absolute Gasteiger partial charge is 0.255 e. The Morgan fingerprint density at radius 3 is 2.33 bits per heavy atom. The molecule has 4 atom stereocenters. The predicted molar refractivity (Wildman–Crippen MR) is 161 cm³/mol. The molecule has 1 aliphatic heterocycles. The second-order valence-corrected chi connectivity index (χ2v) is 13.2. The first-order valence-electron chi connectivity index (χ1n) is 15.1. The fraction of sp³-hybridized carbons (Fsp3) is 0.594. The maximum Gasteiger partial charge on any atom is 0.255 e. The number of nitrogens with zero attached hydrogens (tertiary/aromatic N) is 3. The van der Waals surface area contributed by atoms with Crippen LogP contribution in [0.3, 0.4) is 0 Å². The Hall–Kier alpha value is -3.41. The molecule has 5 rings (SSSR count). The minimum absolute atomic E-state index is 0.00854. The fourth-order valence-electron chi connectivity index (χ4n) is 8.09. The van der Waals surface area contributed by atoms with Gasteiger partial charge in [0.1, 0.15) is 22.8 Å². The molecular weight excluding hydrogens is 552 g/mol. The number of carbonyl (C=O) groups excluding carboxylic acids is 3. The number of hydrogen-bond acceptors (Lipinski definition) is 10. The Bertz CT molecular complexity index is 1460. The summed E-state index contributed by atoms with van der Waals surface area (Å²) in [5, 5.41) is 45.8. The van der Waals surface area contributed by atoms with Crippen molar-refractivity contribution in [3.63, 3.8) is 0 Å². The van der Waals surface area contributed by atoms with Crippen LogP contribution in [0.2, 0.25) is 0 Å². The number of hydrogen-bond donors (Lipinski definition) is 5. The third-order valence-corrected chi connectivity index (χ3v) is 10.3. The van der Waals surface area contributed by atoms with Crippen molar-refractivity contribution in [2.24, 2.45) is 17.6 Å². The quantitative estimate of drug-likeness (QED) is 0.295. The molecule has 234 valence electrons. The van der Waals surface area contributed by atoms with Crippen LogP contribution in [0, 0.1) is 11.8 Å². The van der Waals surface area contributed by atoms with E-state index in [1.165, 1.54) is 0 Å². The fourth-order valence-corrected chi connectivity index (χ4v) is 8.09. The van der Waals surface area contributed by atoms with Crippen molar-refractivity contribution < 1.29 is 34.8 Å². The summed E-state index contributed by atoms with van der Waals surface area (Å²) in [6.07, 6.45) is 2.47. The van der Waals surface area contributed by atoms with E-state index in [-0.39, 0.29) is 35.3 Å². The molecule has 1 heterocycles. The van der Waals surface area contributed by atoms with Gasteiger partial charge in [-0.3, -0.25) is 24.2 Å². The van der Waals surface area contributed by atoms with Crippen LogP contribution in [0.5, 0.6) is 5.75 Å². The number of Topliss-reactive ketones (excluding diaryl/α,β-unsaturated/α-hetero) is 2. The van der Waals surface area contributed by atoms with E-state index < -0.39 is 58.0 Å². The molecule has 43 heavy (non-hydrogen) atoms. The highest BCUT2D eigenvalue weighted by molar-refractivity contribution is 6.24. The molecule has 11 nitrogen and oxygen atoms in total. The number of phenols is 1. The highest BCUT2D eigenvalue weighted by Crippen LogP contribution is 2.53. The number of primary amides is 1. The van der Waals surface area contributed by atoms with Gasteiger partial charge in [-0.2, -0.15) is 0 Å². The van der Waals surface area contributed by atoms with E-state index in [9.17, 15) is 34.8 Å². The molecule has 0 saturated carbocycles. The zero-order chi connectivity index (χ0) is 31.8. The van der Waals surface area contributed by atoms with Gasteiger partial charge < -0.3 is 31.1 Å².